The van der Waals surface area contributed by atoms with Crippen LogP contribution in [0.3, 0.4) is 0 Å². The predicted molar refractivity (Wildman–Crippen MR) is 67.0 cm³/mol. The molecule has 1 aromatic heterocycles. The molecule has 0 saturated heterocycles. The van der Waals surface area contributed by atoms with E-state index >= 15 is 0 Å². The van der Waals surface area contributed by atoms with Crippen LogP contribution in [0, 0.1) is 0 Å². The summed E-state index contributed by atoms with van der Waals surface area (Å²) in [5.41, 5.74) is 1.32. The Kier molecular flexibility index (Phi) is 3.94. The maximum Gasteiger partial charge on any atom is 0.226 e. The number of fused-ring (bicyclic) bond motifs is 1. The Morgan fingerprint density at radius 2 is 2.28 bits per heavy atom. The van der Waals surface area contributed by atoms with Crippen LogP contribution in [0.15, 0.2) is 28.8 Å². The van der Waals surface area contributed by atoms with E-state index in [1.54, 1.807) is 0 Å². The van der Waals surface area contributed by atoms with Crippen molar-refractivity contribution in [2.75, 3.05) is 6.61 Å². The van der Waals surface area contributed by atoms with Crippen molar-refractivity contribution in [2.45, 2.75) is 25.8 Å². The van der Waals surface area contributed by atoms with Gasteiger partial charge in [-0.2, -0.15) is 0 Å². The highest BCUT2D eigenvalue weighted by atomic mass is 16.5. The minimum absolute atomic E-state index is 0.0411. The maximum absolute atomic E-state index is 11.8. The van der Waals surface area contributed by atoms with E-state index in [0.29, 0.717) is 17.7 Å². The van der Waals surface area contributed by atoms with Crippen LogP contribution in [0.4, 0.5) is 0 Å². The summed E-state index contributed by atoms with van der Waals surface area (Å²) in [6.45, 7) is 1.92. The summed E-state index contributed by atoms with van der Waals surface area (Å²) < 4.78 is 5.13. The van der Waals surface area contributed by atoms with Crippen molar-refractivity contribution in [3.8, 4) is 0 Å². The molecule has 0 radical (unpaired) electrons. The second kappa shape index (κ2) is 5.64. The quantitative estimate of drug-likeness (QED) is 0.835. The summed E-state index contributed by atoms with van der Waals surface area (Å²) in [7, 11) is 0. The summed E-state index contributed by atoms with van der Waals surface area (Å²) >= 11 is 0. The van der Waals surface area contributed by atoms with Gasteiger partial charge >= 0.3 is 0 Å². The zero-order valence-electron chi connectivity index (χ0n) is 10.2. The van der Waals surface area contributed by atoms with E-state index in [1.807, 2.05) is 31.2 Å². The molecule has 0 spiro atoms. The van der Waals surface area contributed by atoms with Gasteiger partial charge in [0.1, 0.15) is 5.69 Å². The number of nitrogens with zero attached hydrogens (tertiary/aromatic N) is 1. The molecule has 0 bridgehead atoms. The number of hydrogen-bond acceptors (Lipinski definition) is 4. The van der Waals surface area contributed by atoms with Gasteiger partial charge in [-0.1, -0.05) is 17.3 Å². The predicted octanol–water partition coefficient (Wildman–Crippen LogP) is 1.26. The Bertz CT molecular complexity index is 536. The van der Waals surface area contributed by atoms with Crippen LogP contribution in [0.2, 0.25) is 0 Å². The van der Waals surface area contributed by atoms with Crippen molar-refractivity contribution in [2.24, 2.45) is 0 Å². The second-order valence-electron chi connectivity index (χ2n) is 4.28. The standard InChI is InChI=1S/C13H16N2O3/c1-9(6-7-16)14-13(17)8-11-10-4-2-3-5-12(10)18-15-11/h2-5,9,16H,6-8H2,1H3,(H,14,17). The van der Waals surface area contributed by atoms with Gasteiger partial charge in [-0.3, -0.25) is 4.79 Å². The van der Waals surface area contributed by atoms with Gasteiger partial charge in [-0.05, 0) is 25.5 Å². The zero-order chi connectivity index (χ0) is 13.0. The second-order valence-corrected chi connectivity index (χ2v) is 4.28. The van der Waals surface area contributed by atoms with Gasteiger partial charge in [0.15, 0.2) is 5.58 Å². The van der Waals surface area contributed by atoms with Gasteiger partial charge in [0.05, 0.1) is 6.42 Å². The van der Waals surface area contributed by atoms with Crippen LogP contribution in [-0.2, 0) is 11.2 Å². The Balaban J connectivity index is 2.03. The summed E-state index contributed by atoms with van der Waals surface area (Å²) in [6.07, 6.45) is 0.734. The molecular weight excluding hydrogens is 232 g/mol. The molecule has 0 aliphatic carbocycles. The molecule has 2 N–H and O–H groups in total. The number of benzene rings is 1. The van der Waals surface area contributed by atoms with E-state index in [4.69, 9.17) is 9.63 Å². The van der Waals surface area contributed by atoms with Crippen molar-refractivity contribution in [1.29, 1.82) is 0 Å². The lowest BCUT2D eigenvalue weighted by Gasteiger charge is -2.11. The lowest BCUT2D eigenvalue weighted by atomic mass is 10.1. The van der Waals surface area contributed by atoms with Crippen LogP contribution in [0.5, 0.6) is 0 Å². The number of carbonyl (C=O) groups is 1. The molecule has 18 heavy (non-hydrogen) atoms. The number of aliphatic hydroxyl groups is 1. The van der Waals surface area contributed by atoms with Gasteiger partial charge in [-0.15, -0.1) is 0 Å². The molecule has 0 aliphatic heterocycles. The third-order valence-corrected chi connectivity index (χ3v) is 2.75. The first-order valence-corrected chi connectivity index (χ1v) is 5.94. The van der Waals surface area contributed by atoms with Crippen molar-refractivity contribution < 1.29 is 14.4 Å². The van der Waals surface area contributed by atoms with E-state index in [-0.39, 0.29) is 25.0 Å². The number of aliphatic hydroxyl groups excluding tert-OH is 1. The van der Waals surface area contributed by atoms with Crippen molar-refractivity contribution in [1.82, 2.24) is 10.5 Å². The Labute approximate surface area is 105 Å². The van der Waals surface area contributed by atoms with Crippen molar-refractivity contribution in [3.63, 3.8) is 0 Å². The summed E-state index contributed by atoms with van der Waals surface area (Å²) in [5.74, 6) is -0.116. The van der Waals surface area contributed by atoms with Gasteiger partial charge in [-0.25, -0.2) is 0 Å². The molecule has 1 heterocycles. The number of rotatable bonds is 5. The number of amides is 1. The fourth-order valence-electron chi connectivity index (χ4n) is 1.81. The monoisotopic (exact) mass is 248 g/mol. The van der Waals surface area contributed by atoms with E-state index in [2.05, 4.69) is 10.5 Å². The normalized spacial score (nSPS) is 12.6. The lowest BCUT2D eigenvalue weighted by Crippen LogP contribution is -2.34. The fourth-order valence-corrected chi connectivity index (χ4v) is 1.81. The van der Waals surface area contributed by atoms with Crippen molar-refractivity contribution >= 4 is 16.9 Å². The summed E-state index contributed by atoms with van der Waals surface area (Å²) in [6, 6.07) is 7.40. The average Bonchev–Trinajstić information content (AvgIpc) is 2.73. The van der Waals surface area contributed by atoms with Crippen LogP contribution in [-0.4, -0.2) is 28.8 Å². The first-order chi connectivity index (χ1) is 8.70. The Morgan fingerprint density at radius 1 is 1.50 bits per heavy atom. The molecule has 1 unspecified atom stereocenters. The first-order valence-electron chi connectivity index (χ1n) is 5.94. The van der Waals surface area contributed by atoms with E-state index in [0.717, 1.165) is 5.39 Å². The molecule has 5 nitrogen and oxygen atoms in total. The number of aromatic nitrogens is 1. The Hall–Kier alpha value is -1.88. The molecule has 1 atom stereocenters. The highest BCUT2D eigenvalue weighted by molar-refractivity contribution is 5.86. The van der Waals surface area contributed by atoms with Crippen molar-refractivity contribution in [3.05, 3.63) is 30.0 Å². The average molecular weight is 248 g/mol. The molecule has 0 fully saturated rings. The number of nitrogens with one attached hydrogen (secondary N) is 1. The molecular formula is C13H16N2O3. The number of carbonyl (C=O) groups excluding carboxylic acids is 1. The van der Waals surface area contributed by atoms with Crippen LogP contribution in [0.25, 0.3) is 11.0 Å². The zero-order valence-corrected chi connectivity index (χ0v) is 10.2. The third-order valence-electron chi connectivity index (χ3n) is 2.75. The van der Waals surface area contributed by atoms with E-state index in [9.17, 15) is 4.79 Å². The Morgan fingerprint density at radius 3 is 3.06 bits per heavy atom. The largest absolute Gasteiger partial charge is 0.396 e. The van der Waals surface area contributed by atoms with Gasteiger partial charge in [0.2, 0.25) is 5.91 Å². The lowest BCUT2D eigenvalue weighted by molar-refractivity contribution is -0.121. The molecule has 0 aliphatic rings. The van der Waals surface area contributed by atoms with E-state index < -0.39 is 0 Å². The van der Waals surface area contributed by atoms with E-state index in [1.165, 1.54) is 0 Å². The molecule has 5 heteroatoms. The highest BCUT2D eigenvalue weighted by Crippen LogP contribution is 2.17. The number of para-hydroxylation sites is 1. The summed E-state index contributed by atoms with van der Waals surface area (Å²) in [4.78, 5) is 11.8. The van der Waals surface area contributed by atoms with Crippen LogP contribution >= 0.6 is 0 Å². The van der Waals surface area contributed by atoms with Crippen LogP contribution < -0.4 is 5.32 Å². The molecule has 2 rings (SSSR count). The third kappa shape index (κ3) is 2.87. The maximum atomic E-state index is 11.8. The molecule has 1 amide bonds. The molecule has 1 aromatic carbocycles. The van der Waals surface area contributed by atoms with Gasteiger partial charge in [0.25, 0.3) is 0 Å². The molecule has 0 saturated carbocycles. The highest BCUT2D eigenvalue weighted by Gasteiger charge is 2.13. The SMILES string of the molecule is CC(CCO)NC(=O)Cc1noc2ccccc12. The minimum atomic E-state index is -0.116. The first kappa shape index (κ1) is 12.6. The minimum Gasteiger partial charge on any atom is -0.396 e. The molecule has 96 valence electrons. The molecule has 2 aromatic rings. The topological polar surface area (TPSA) is 75.4 Å². The van der Waals surface area contributed by atoms with Gasteiger partial charge < -0.3 is 14.9 Å². The fraction of sp³-hybridized carbons (Fsp3) is 0.385. The summed E-state index contributed by atoms with van der Waals surface area (Å²) in [5, 5.41) is 16.3. The van der Waals surface area contributed by atoms with Gasteiger partial charge in [0, 0.05) is 18.0 Å². The van der Waals surface area contributed by atoms with Crippen LogP contribution in [0.1, 0.15) is 19.0 Å². The number of hydrogen-bond donors (Lipinski definition) is 2. The smallest absolute Gasteiger partial charge is 0.226 e.